The second kappa shape index (κ2) is 6.81. The first-order valence-corrected chi connectivity index (χ1v) is 8.29. The summed E-state index contributed by atoms with van der Waals surface area (Å²) in [4.78, 5) is 26.3. The van der Waals surface area contributed by atoms with E-state index < -0.39 is 5.56 Å². The molecule has 0 fully saturated rings. The van der Waals surface area contributed by atoms with Crippen LogP contribution in [0.4, 0.5) is 5.69 Å². The van der Waals surface area contributed by atoms with Crippen molar-refractivity contribution in [1.29, 1.82) is 0 Å². The van der Waals surface area contributed by atoms with E-state index in [1.54, 1.807) is 18.2 Å². The van der Waals surface area contributed by atoms with Crippen molar-refractivity contribution < 1.29 is 9.90 Å². The standard InChI is InChI=1S/C20H20N2O3/c1-3-21(4-2)15-10-11-16-18(12-15)22(14-8-6-5-7-9-14)20(25)17(13-23)19(16)24/h5-13,24H,3-4H2,1-2H3. The van der Waals surface area contributed by atoms with E-state index in [4.69, 9.17) is 0 Å². The Hall–Kier alpha value is -3.08. The quantitative estimate of drug-likeness (QED) is 0.726. The summed E-state index contributed by atoms with van der Waals surface area (Å²) in [6.07, 6.45) is 0.412. The van der Waals surface area contributed by atoms with Crippen molar-refractivity contribution in [1.82, 2.24) is 4.57 Å². The summed E-state index contributed by atoms with van der Waals surface area (Å²) in [5.74, 6) is -0.270. The van der Waals surface area contributed by atoms with Crippen LogP contribution in [0.15, 0.2) is 53.3 Å². The van der Waals surface area contributed by atoms with Crippen molar-refractivity contribution in [2.24, 2.45) is 0 Å². The number of rotatable bonds is 5. The Balaban J connectivity index is 2.43. The number of carbonyl (C=O) groups is 1. The average Bonchev–Trinajstić information content (AvgIpc) is 2.64. The molecular weight excluding hydrogens is 316 g/mol. The molecule has 3 rings (SSSR count). The summed E-state index contributed by atoms with van der Waals surface area (Å²) in [5.41, 5.74) is 1.43. The number of nitrogens with zero attached hydrogens (tertiary/aromatic N) is 2. The topological polar surface area (TPSA) is 62.5 Å². The maximum atomic E-state index is 12.8. The van der Waals surface area contributed by atoms with Crippen LogP contribution in [0.3, 0.4) is 0 Å². The first-order chi connectivity index (χ1) is 12.1. The predicted octanol–water partition coefficient (Wildman–Crippen LogP) is 3.36. The van der Waals surface area contributed by atoms with Crippen molar-refractivity contribution in [3.63, 3.8) is 0 Å². The predicted molar refractivity (Wildman–Crippen MR) is 100 cm³/mol. The third-order valence-electron chi connectivity index (χ3n) is 4.43. The Morgan fingerprint density at radius 1 is 1.08 bits per heavy atom. The zero-order valence-electron chi connectivity index (χ0n) is 14.3. The Kier molecular flexibility index (Phi) is 4.57. The largest absolute Gasteiger partial charge is 0.506 e. The molecule has 5 nitrogen and oxygen atoms in total. The van der Waals surface area contributed by atoms with E-state index in [2.05, 4.69) is 18.7 Å². The Bertz CT molecular complexity index is 974. The van der Waals surface area contributed by atoms with Gasteiger partial charge in [0.05, 0.1) is 5.52 Å². The summed E-state index contributed by atoms with van der Waals surface area (Å²) in [5, 5.41) is 10.9. The minimum atomic E-state index is -0.525. The van der Waals surface area contributed by atoms with Crippen LogP contribution >= 0.6 is 0 Å². The van der Waals surface area contributed by atoms with Gasteiger partial charge in [-0.3, -0.25) is 14.2 Å². The summed E-state index contributed by atoms with van der Waals surface area (Å²) in [6.45, 7) is 5.78. The first-order valence-electron chi connectivity index (χ1n) is 8.29. The smallest absolute Gasteiger partial charge is 0.269 e. The Morgan fingerprint density at radius 3 is 2.36 bits per heavy atom. The fourth-order valence-corrected chi connectivity index (χ4v) is 3.11. The number of hydrogen-bond acceptors (Lipinski definition) is 4. The van der Waals surface area contributed by atoms with Crippen LogP contribution in [0.5, 0.6) is 5.75 Å². The molecule has 3 aromatic rings. The van der Waals surface area contributed by atoms with E-state index in [0.717, 1.165) is 18.8 Å². The minimum absolute atomic E-state index is 0.230. The van der Waals surface area contributed by atoms with Crippen LogP contribution < -0.4 is 10.5 Å². The number of anilines is 1. The molecule has 0 atom stereocenters. The lowest BCUT2D eigenvalue weighted by molar-refractivity contribution is 0.111. The molecule has 0 unspecified atom stereocenters. The third-order valence-corrected chi connectivity index (χ3v) is 4.43. The van der Waals surface area contributed by atoms with Gasteiger partial charge in [-0.15, -0.1) is 0 Å². The molecule has 1 heterocycles. The van der Waals surface area contributed by atoms with Crippen molar-refractivity contribution in [3.8, 4) is 11.4 Å². The zero-order valence-corrected chi connectivity index (χ0v) is 14.3. The van der Waals surface area contributed by atoms with Crippen molar-refractivity contribution in [3.05, 3.63) is 64.4 Å². The van der Waals surface area contributed by atoms with Gasteiger partial charge >= 0.3 is 0 Å². The molecule has 0 saturated heterocycles. The summed E-state index contributed by atoms with van der Waals surface area (Å²) < 4.78 is 1.48. The van der Waals surface area contributed by atoms with Gasteiger partial charge in [0.25, 0.3) is 5.56 Å². The van der Waals surface area contributed by atoms with Crippen LogP contribution in [0.1, 0.15) is 24.2 Å². The van der Waals surface area contributed by atoms with Crippen molar-refractivity contribution in [2.45, 2.75) is 13.8 Å². The maximum absolute atomic E-state index is 12.8. The molecule has 0 aliphatic carbocycles. The van der Waals surface area contributed by atoms with E-state index in [1.165, 1.54) is 4.57 Å². The fraction of sp³-hybridized carbons (Fsp3) is 0.200. The summed E-state index contributed by atoms with van der Waals surface area (Å²) in [6, 6.07) is 14.6. The molecule has 0 aliphatic heterocycles. The molecule has 128 valence electrons. The number of pyridine rings is 1. The van der Waals surface area contributed by atoms with Crippen molar-refractivity contribution >= 4 is 22.9 Å². The highest BCUT2D eigenvalue weighted by Gasteiger charge is 2.18. The van der Waals surface area contributed by atoms with Gasteiger partial charge in [0.2, 0.25) is 0 Å². The van der Waals surface area contributed by atoms with E-state index >= 15 is 0 Å². The van der Waals surface area contributed by atoms with Crippen LogP contribution in [-0.2, 0) is 0 Å². The number of aromatic nitrogens is 1. The monoisotopic (exact) mass is 336 g/mol. The lowest BCUT2D eigenvalue weighted by atomic mass is 10.1. The SMILES string of the molecule is CCN(CC)c1ccc2c(O)c(C=O)c(=O)n(-c3ccccc3)c2c1. The van der Waals surface area contributed by atoms with E-state index in [-0.39, 0.29) is 11.3 Å². The van der Waals surface area contributed by atoms with Gasteiger partial charge in [0, 0.05) is 29.9 Å². The average molecular weight is 336 g/mol. The Morgan fingerprint density at radius 2 is 1.76 bits per heavy atom. The lowest BCUT2D eigenvalue weighted by Gasteiger charge is -2.22. The normalized spacial score (nSPS) is 10.8. The number of para-hydroxylation sites is 1. The van der Waals surface area contributed by atoms with Gasteiger partial charge in [-0.25, -0.2) is 0 Å². The molecule has 1 aromatic heterocycles. The van der Waals surface area contributed by atoms with Gasteiger partial charge in [-0.2, -0.15) is 0 Å². The second-order valence-electron chi connectivity index (χ2n) is 5.73. The number of fused-ring (bicyclic) bond motifs is 1. The van der Waals surface area contributed by atoms with E-state index in [1.807, 2.05) is 30.3 Å². The molecule has 25 heavy (non-hydrogen) atoms. The number of aldehydes is 1. The molecule has 0 aliphatic rings. The molecule has 0 radical (unpaired) electrons. The number of hydrogen-bond donors (Lipinski definition) is 1. The van der Waals surface area contributed by atoms with Crippen LogP contribution in [-0.4, -0.2) is 29.0 Å². The molecule has 0 spiro atoms. The number of aromatic hydroxyl groups is 1. The van der Waals surface area contributed by atoms with Crippen molar-refractivity contribution in [2.75, 3.05) is 18.0 Å². The number of carbonyl (C=O) groups excluding carboxylic acids is 1. The molecular formula is C20H20N2O3. The van der Waals surface area contributed by atoms with Gasteiger partial charge in [0.15, 0.2) is 6.29 Å². The molecule has 2 aromatic carbocycles. The highest BCUT2D eigenvalue weighted by molar-refractivity contribution is 5.95. The Labute approximate surface area is 145 Å². The van der Waals surface area contributed by atoms with Gasteiger partial charge in [0.1, 0.15) is 11.3 Å². The summed E-state index contributed by atoms with van der Waals surface area (Å²) in [7, 11) is 0. The molecule has 0 bridgehead atoms. The third kappa shape index (κ3) is 2.78. The van der Waals surface area contributed by atoms with Gasteiger partial charge < -0.3 is 10.0 Å². The summed E-state index contributed by atoms with van der Waals surface area (Å²) >= 11 is 0. The molecule has 0 saturated carbocycles. The maximum Gasteiger partial charge on any atom is 0.269 e. The fourth-order valence-electron chi connectivity index (χ4n) is 3.11. The minimum Gasteiger partial charge on any atom is -0.506 e. The second-order valence-corrected chi connectivity index (χ2v) is 5.73. The highest BCUT2D eigenvalue weighted by atomic mass is 16.3. The zero-order chi connectivity index (χ0) is 18.0. The number of benzene rings is 2. The van der Waals surface area contributed by atoms with Gasteiger partial charge in [-0.1, -0.05) is 18.2 Å². The molecule has 0 amide bonds. The lowest BCUT2D eigenvalue weighted by Crippen LogP contribution is -2.24. The van der Waals surface area contributed by atoms with E-state index in [0.29, 0.717) is 22.9 Å². The first kappa shape index (κ1) is 16.8. The van der Waals surface area contributed by atoms with Gasteiger partial charge in [-0.05, 0) is 44.2 Å². The highest BCUT2D eigenvalue weighted by Crippen LogP contribution is 2.30. The molecule has 5 heteroatoms. The van der Waals surface area contributed by atoms with Crippen LogP contribution in [0.2, 0.25) is 0 Å². The van der Waals surface area contributed by atoms with E-state index in [9.17, 15) is 14.7 Å². The van der Waals surface area contributed by atoms with Crippen LogP contribution in [0, 0.1) is 0 Å². The van der Waals surface area contributed by atoms with Crippen LogP contribution in [0.25, 0.3) is 16.6 Å². The molecule has 1 N–H and O–H groups in total.